The van der Waals surface area contributed by atoms with Crippen LogP contribution in [0.5, 0.6) is 0 Å². The van der Waals surface area contributed by atoms with Gasteiger partial charge in [0.05, 0.1) is 30.4 Å². The number of aromatic nitrogens is 2. The first-order valence-corrected chi connectivity index (χ1v) is 9.53. The molecule has 0 bridgehead atoms. The Morgan fingerprint density at radius 1 is 1.31 bits per heavy atom. The lowest BCUT2D eigenvalue weighted by Gasteiger charge is -2.35. The van der Waals surface area contributed by atoms with E-state index >= 15 is 0 Å². The van der Waals surface area contributed by atoms with Crippen LogP contribution < -0.4 is 0 Å². The predicted molar refractivity (Wildman–Crippen MR) is 97.0 cm³/mol. The molecule has 3 aromatic rings. The number of nitrogens with zero attached hydrogens (tertiary/aromatic N) is 3. The van der Waals surface area contributed by atoms with Gasteiger partial charge in [0.15, 0.2) is 5.76 Å². The van der Waals surface area contributed by atoms with Crippen molar-refractivity contribution in [2.75, 3.05) is 13.1 Å². The zero-order chi connectivity index (χ0) is 17.7. The normalized spacial score (nSPS) is 22.1. The summed E-state index contributed by atoms with van der Waals surface area (Å²) in [7, 11) is 0. The summed E-state index contributed by atoms with van der Waals surface area (Å²) in [6.07, 6.45) is 4.34. The number of aryl methyl sites for hydroxylation is 1. The van der Waals surface area contributed by atoms with Crippen LogP contribution in [0.15, 0.2) is 41.1 Å². The molecule has 0 N–H and O–H groups in total. The van der Waals surface area contributed by atoms with Crippen LogP contribution in [-0.4, -0.2) is 39.0 Å². The molecule has 2 aliphatic rings. The molecule has 2 aliphatic heterocycles. The molecular formula is C19H19N3O3S. The van der Waals surface area contributed by atoms with Gasteiger partial charge in [-0.1, -0.05) is 0 Å². The Labute approximate surface area is 155 Å². The quantitative estimate of drug-likeness (QED) is 0.695. The minimum absolute atomic E-state index is 0.103. The average molecular weight is 369 g/mol. The molecule has 1 amide bonds. The van der Waals surface area contributed by atoms with E-state index < -0.39 is 0 Å². The summed E-state index contributed by atoms with van der Waals surface area (Å²) in [4.78, 5) is 21.1. The zero-order valence-corrected chi connectivity index (χ0v) is 15.3. The Kier molecular flexibility index (Phi) is 3.55. The maximum atomic E-state index is 12.8. The number of ether oxygens (including phenoxy) is 1. The highest BCUT2D eigenvalue weighted by Crippen LogP contribution is 2.36. The van der Waals surface area contributed by atoms with Crippen molar-refractivity contribution in [3.05, 3.63) is 52.3 Å². The van der Waals surface area contributed by atoms with Crippen molar-refractivity contribution >= 4 is 17.2 Å². The summed E-state index contributed by atoms with van der Waals surface area (Å²) < 4.78 is 13.9. The highest BCUT2D eigenvalue weighted by Gasteiger charge is 2.45. The van der Waals surface area contributed by atoms with Crippen LogP contribution in [0.2, 0.25) is 0 Å². The molecule has 7 heteroatoms. The highest BCUT2D eigenvalue weighted by molar-refractivity contribution is 7.13. The number of fused-ring (bicyclic) bond motifs is 1. The summed E-state index contributed by atoms with van der Waals surface area (Å²) >= 11 is 1.55. The minimum atomic E-state index is -0.350. The van der Waals surface area contributed by atoms with E-state index in [0.717, 1.165) is 40.0 Å². The first kappa shape index (κ1) is 15.8. The van der Waals surface area contributed by atoms with Gasteiger partial charge in [-0.2, -0.15) is 0 Å². The number of carbonyl (C=O) groups is 1. The van der Waals surface area contributed by atoms with Gasteiger partial charge in [-0.3, -0.25) is 4.79 Å². The molecule has 1 saturated heterocycles. The number of hydrogen-bond donors (Lipinski definition) is 0. The molecule has 1 atom stereocenters. The van der Waals surface area contributed by atoms with Gasteiger partial charge in [-0.15, -0.1) is 11.3 Å². The number of thiophene rings is 1. The third kappa shape index (κ3) is 2.50. The topological polar surface area (TPSA) is 60.5 Å². The van der Waals surface area contributed by atoms with E-state index in [1.165, 1.54) is 0 Å². The lowest BCUT2D eigenvalue weighted by molar-refractivity contribution is -0.0805. The molecule has 0 saturated carbocycles. The number of carbonyl (C=O) groups excluding carboxylic acids is 1. The fourth-order valence-corrected chi connectivity index (χ4v) is 4.68. The maximum Gasteiger partial charge on any atom is 0.264 e. The number of imidazole rings is 1. The van der Waals surface area contributed by atoms with E-state index in [-0.39, 0.29) is 11.5 Å². The molecule has 0 unspecified atom stereocenters. The summed E-state index contributed by atoms with van der Waals surface area (Å²) in [5.74, 6) is 1.81. The third-order valence-electron chi connectivity index (χ3n) is 5.22. The third-order valence-corrected chi connectivity index (χ3v) is 6.21. The Balaban J connectivity index is 1.39. The van der Waals surface area contributed by atoms with Crippen LogP contribution in [0, 0.1) is 6.92 Å². The molecular weight excluding hydrogens is 350 g/mol. The Morgan fingerprint density at radius 2 is 2.23 bits per heavy atom. The molecule has 3 aromatic heterocycles. The lowest BCUT2D eigenvalue weighted by Crippen LogP contribution is -2.45. The molecule has 5 heterocycles. The molecule has 0 radical (unpaired) electrons. The van der Waals surface area contributed by atoms with E-state index in [1.54, 1.807) is 17.6 Å². The van der Waals surface area contributed by atoms with Crippen molar-refractivity contribution < 1.29 is 13.9 Å². The van der Waals surface area contributed by atoms with Gasteiger partial charge in [0.1, 0.15) is 23.7 Å². The standard InChI is InChI=1S/C19H19N3O3S/c1-13-4-5-16(26-13)18(23)21-7-6-19(11-21)12-22-14(15-3-2-8-24-15)9-20-17(22)10-25-19/h2-5,8-9H,6-7,10-12H2,1H3/t19-/m0/s1. The Morgan fingerprint density at radius 3 is 3.00 bits per heavy atom. The second-order valence-electron chi connectivity index (χ2n) is 6.98. The van der Waals surface area contributed by atoms with Crippen LogP contribution in [0.3, 0.4) is 0 Å². The fourth-order valence-electron chi connectivity index (χ4n) is 3.85. The number of likely N-dealkylation sites (tertiary alicyclic amines) is 1. The summed E-state index contributed by atoms with van der Waals surface area (Å²) in [5.41, 5.74) is 0.614. The van der Waals surface area contributed by atoms with E-state index in [4.69, 9.17) is 9.15 Å². The van der Waals surface area contributed by atoms with Gasteiger partial charge in [0, 0.05) is 11.4 Å². The average Bonchev–Trinajstić information content (AvgIpc) is 3.41. The molecule has 0 aliphatic carbocycles. The van der Waals surface area contributed by atoms with Crippen molar-refractivity contribution in [3.63, 3.8) is 0 Å². The van der Waals surface area contributed by atoms with Gasteiger partial charge < -0.3 is 18.6 Å². The van der Waals surface area contributed by atoms with Crippen molar-refractivity contribution in [3.8, 4) is 11.5 Å². The van der Waals surface area contributed by atoms with E-state index in [1.807, 2.05) is 42.3 Å². The van der Waals surface area contributed by atoms with Crippen molar-refractivity contribution in [2.24, 2.45) is 0 Å². The molecule has 6 nitrogen and oxygen atoms in total. The van der Waals surface area contributed by atoms with Gasteiger partial charge >= 0.3 is 0 Å². The van der Waals surface area contributed by atoms with Gasteiger partial charge in [0.25, 0.3) is 5.91 Å². The largest absolute Gasteiger partial charge is 0.463 e. The maximum absolute atomic E-state index is 12.8. The molecule has 0 aromatic carbocycles. The van der Waals surface area contributed by atoms with Crippen molar-refractivity contribution in [2.45, 2.75) is 32.1 Å². The lowest BCUT2D eigenvalue weighted by atomic mass is 10.0. The smallest absolute Gasteiger partial charge is 0.264 e. The van der Waals surface area contributed by atoms with Crippen LogP contribution in [-0.2, 0) is 17.9 Å². The van der Waals surface area contributed by atoms with Gasteiger partial charge in [0.2, 0.25) is 0 Å². The van der Waals surface area contributed by atoms with Crippen molar-refractivity contribution in [1.29, 1.82) is 0 Å². The number of amides is 1. The zero-order valence-electron chi connectivity index (χ0n) is 14.5. The molecule has 5 rings (SSSR count). The monoisotopic (exact) mass is 369 g/mol. The van der Waals surface area contributed by atoms with Crippen LogP contribution in [0.4, 0.5) is 0 Å². The second-order valence-corrected chi connectivity index (χ2v) is 8.27. The van der Waals surface area contributed by atoms with E-state index in [0.29, 0.717) is 19.7 Å². The van der Waals surface area contributed by atoms with Crippen LogP contribution in [0.25, 0.3) is 11.5 Å². The Bertz CT molecular complexity index is 959. The summed E-state index contributed by atoms with van der Waals surface area (Å²) in [6.45, 7) is 4.49. The first-order chi connectivity index (χ1) is 12.6. The van der Waals surface area contributed by atoms with Crippen LogP contribution >= 0.6 is 11.3 Å². The molecule has 1 spiro atoms. The Hall–Kier alpha value is -2.38. The molecule has 134 valence electrons. The summed E-state index contributed by atoms with van der Waals surface area (Å²) in [5, 5.41) is 0. The van der Waals surface area contributed by atoms with E-state index in [9.17, 15) is 4.79 Å². The van der Waals surface area contributed by atoms with E-state index in [2.05, 4.69) is 9.55 Å². The SMILES string of the molecule is Cc1ccc(C(=O)N2CC[C@]3(C2)Cn2c(-c4ccco4)cnc2CO3)s1. The second kappa shape index (κ2) is 5.82. The van der Waals surface area contributed by atoms with Gasteiger partial charge in [-0.25, -0.2) is 4.98 Å². The van der Waals surface area contributed by atoms with Gasteiger partial charge in [-0.05, 0) is 37.6 Å². The van der Waals surface area contributed by atoms with Crippen molar-refractivity contribution in [1.82, 2.24) is 14.5 Å². The molecule has 1 fully saturated rings. The summed E-state index contributed by atoms with van der Waals surface area (Å²) in [6, 6.07) is 7.73. The number of hydrogen-bond acceptors (Lipinski definition) is 5. The first-order valence-electron chi connectivity index (χ1n) is 8.72. The number of furan rings is 1. The predicted octanol–water partition coefficient (Wildman–Crippen LogP) is 3.33. The van der Waals surface area contributed by atoms with Crippen LogP contribution in [0.1, 0.15) is 26.8 Å². The minimum Gasteiger partial charge on any atom is -0.463 e. The molecule has 26 heavy (non-hydrogen) atoms. The fraction of sp³-hybridized carbons (Fsp3) is 0.368. The highest BCUT2D eigenvalue weighted by atomic mass is 32.1. The number of rotatable bonds is 2.